The van der Waals surface area contributed by atoms with Crippen molar-refractivity contribution in [2.75, 3.05) is 19.5 Å². The van der Waals surface area contributed by atoms with Crippen LogP contribution in [0.1, 0.15) is 11.9 Å². The highest BCUT2D eigenvalue weighted by Gasteiger charge is 2.26. The first kappa shape index (κ1) is 12.5. The number of hydrogen-bond acceptors (Lipinski definition) is 5. The first-order valence-corrected chi connectivity index (χ1v) is 7.03. The van der Waals surface area contributed by atoms with Gasteiger partial charge in [0.15, 0.2) is 6.29 Å². The fourth-order valence-corrected chi connectivity index (χ4v) is 2.20. The standard InChI is InChI=1S/C11H14O5S/c1-17(12,13)16-10-7-14-11(15-8-10)9-5-3-2-4-6-9/h2-6,10-11H,7-8H2,1H3. The molecule has 0 unspecified atom stereocenters. The van der Waals surface area contributed by atoms with Gasteiger partial charge in [-0.25, -0.2) is 0 Å². The summed E-state index contributed by atoms with van der Waals surface area (Å²) in [7, 11) is -3.47. The van der Waals surface area contributed by atoms with E-state index in [1.165, 1.54) is 0 Å². The maximum Gasteiger partial charge on any atom is 0.264 e. The Morgan fingerprint density at radius 2 is 1.76 bits per heavy atom. The Labute approximate surface area is 100 Å². The molecule has 1 aliphatic heterocycles. The lowest BCUT2D eigenvalue weighted by molar-refractivity contribution is -0.214. The average Bonchev–Trinajstić information content (AvgIpc) is 2.29. The van der Waals surface area contributed by atoms with Crippen LogP contribution >= 0.6 is 0 Å². The predicted molar refractivity (Wildman–Crippen MR) is 60.8 cm³/mol. The van der Waals surface area contributed by atoms with Gasteiger partial charge in [0.05, 0.1) is 19.5 Å². The third kappa shape index (κ3) is 3.78. The monoisotopic (exact) mass is 258 g/mol. The lowest BCUT2D eigenvalue weighted by atomic mass is 10.2. The van der Waals surface area contributed by atoms with Crippen molar-refractivity contribution in [1.29, 1.82) is 0 Å². The normalized spacial score (nSPS) is 25.7. The van der Waals surface area contributed by atoms with Gasteiger partial charge in [-0.1, -0.05) is 30.3 Å². The van der Waals surface area contributed by atoms with Gasteiger partial charge in [-0.05, 0) is 0 Å². The topological polar surface area (TPSA) is 61.8 Å². The minimum atomic E-state index is -3.47. The third-order valence-electron chi connectivity index (χ3n) is 2.25. The number of ether oxygens (including phenoxy) is 2. The fraction of sp³-hybridized carbons (Fsp3) is 0.455. The molecule has 0 amide bonds. The Morgan fingerprint density at radius 3 is 2.29 bits per heavy atom. The van der Waals surface area contributed by atoms with Crippen LogP contribution in [0.3, 0.4) is 0 Å². The fourth-order valence-electron chi connectivity index (χ4n) is 1.59. The smallest absolute Gasteiger partial charge is 0.264 e. The van der Waals surface area contributed by atoms with Crippen molar-refractivity contribution in [3.8, 4) is 0 Å². The largest absolute Gasteiger partial charge is 0.346 e. The molecule has 5 nitrogen and oxygen atoms in total. The number of benzene rings is 1. The molecule has 6 heteroatoms. The number of hydrogen-bond donors (Lipinski definition) is 0. The molecule has 0 aliphatic carbocycles. The summed E-state index contributed by atoms with van der Waals surface area (Å²) < 4.78 is 37.4. The van der Waals surface area contributed by atoms with E-state index in [1.54, 1.807) is 0 Å². The van der Waals surface area contributed by atoms with E-state index in [4.69, 9.17) is 13.7 Å². The van der Waals surface area contributed by atoms with E-state index in [9.17, 15) is 8.42 Å². The van der Waals surface area contributed by atoms with Crippen molar-refractivity contribution >= 4 is 10.1 Å². The molecule has 0 saturated carbocycles. The molecule has 1 aromatic rings. The molecular formula is C11H14O5S. The molecule has 1 fully saturated rings. The molecule has 17 heavy (non-hydrogen) atoms. The molecule has 0 atom stereocenters. The summed E-state index contributed by atoms with van der Waals surface area (Å²) in [6.45, 7) is 0.402. The minimum absolute atomic E-state index is 0.201. The summed E-state index contributed by atoms with van der Waals surface area (Å²) in [6.07, 6.45) is -0.00316. The molecule has 1 aliphatic rings. The summed E-state index contributed by atoms with van der Waals surface area (Å²) in [6, 6.07) is 9.47. The highest BCUT2D eigenvalue weighted by Crippen LogP contribution is 2.23. The Morgan fingerprint density at radius 1 is 1.18 bits per heavy atom. The zero-order valence-corrected chi connectivity index (χ0v) is 10.2. The lowest BCUT2D eigenvalue weighted by Crippen LogP contribution is -2.34. The minimum Gasteiger partial charge on any atom is -0.346 e. The second-order valence-electron chi connectivity index (χ2n) is 3.83. The Kier molecular flexibility index (Phi) is 3.78. The van der Waals surface area contributed by atoms with E-state index < -0.39 is 22.5 Å². The van der Waals surface area contributed by atoms with E-state index in [0.717, 1.165) is 11.8 Å². The van der Waals surface area contributed by atoms with Gasteiger partial charge in [0.1, 0.15) is 6.10 Å². The molecule has 0 radical (unpaired) electrons. The molecule has 0 spiro atoms. The highest BCUT2D eigenvalue weighted by molar-refractivity contribution is 7.86. The van der Waals surface area contributed by atoms with Crippen LogP contribution in [0.4, 0.5) is 0 Å². The molecule has 1 heterocycles. The van der Waals surface area contributed by atoms with Crippen molar-refractivity contribution in [2.45, 2.75) is 12.4 Å². The van der Waals surface area contributed by atoms with Crippen molar-refractivity contribution in [3.63, 3.8) is 0 Å². The zero-order chi connectivity index (χ0) is 12.3. The molecule has 94 valence electrons. The quantitative estimate of drug-likeness (QED) is 0.759. The van der Waals surface area contributed by atoms with Crippen molar-refractivity contribution in [1.82, 2.24) is 0 Å². The molecule has 1 saturated heterocycles. The first-order valence-electron chi connectivity index (χ1n) is 5.21. The van der Waals surface area contributed by atoms with Crippen LogP contribution in [-0.2, 0) is 23.8 Å². The molecule has 0 N–H and O–H groups in total. The molecule has 0 aromatic heterocycles. The van der Waals surface area contributed by atoms with Crippen molar-refractivity contribution in [3.05, 3.63) is 35.9 Å². The van der Waals surface area contributed by atoms with Crippen LogP contribution in [0.25, 0.3) is 0 Å². The summed E-state index contributed by atoms with van der Waals surface area (Å²) >= 11 is 0. The van der Waals surface area contributed by atoms with Crippen LogP contribution in [0, 0.1) is 0 Å². The van der Waals surface area contributed by atoms with Gasteiger partial charge in [0, 0.05) is 5.56 Å². The van der Waals surface area contributed by atoms with E-state index in [1.807, 2.05) is 30.3 Å². The maximum atomic E-state index is 10.9. The first-order chi connectivity index (χ1) is 8.04. The van der Waals surface area contributed by atoms with E-state index in [0.29, 0.717) is 0 Å². The maximum absolute atomic E-state index is 10.9. The van der Waals surface area contributed by atoms with E-state index >= 15 is 0 Å². The SMILES string of the molecule is CS(=O)(=O)OC1COC(c2ccccc2)OC1. The van der Waals surface area contributed by atoms with Gasteiger partial charge in [-0.15, -0.1) is 0 Å². The summed E-state index contributed by atoms with van der Waals surface area (Å²) in [5.41, 5.74) is 0.908. The van der Waals surface area contributed by atoms with E-state index in [2.05, 4.69) is 0 Å². The lowest BCUT2D eigenvalue weighted by Gasteiger charge is -2.28. The highest BCUT2D eigenvalue weighted by atomic mass is 32.2. The Bertz CT molecular complexity index is 448. The summed E-state index contributed by atoms with van der Waals surface area (Å²) in [5.74, 6) is 0. The third-order valence-corrected chi connectivity index (χ3v) is 2.87. The Balaban J connectivity index is 1.91. The summed E-state index contributed by atoms with van der Waals surface area (Å²) in [5, 5.41) is 0. The van der Waals surface area contributed by atoms with Gasteiger partial charge in [0.2, 0.25) is 0 Å². The van der Waals surface area contributed by atoms with Crippen LogP contribution in [-0.4, -0.2) is 34.0 Å². The van der Waals surface area contributed by atoms with Gasteiger partial charge >= 0.3 is 0 Å². The van der Waals surface area contributed by atoms with Crippen molar-refractivity contribution in [2.24, 2.45) is 0 Å². The molecule has 1 aromatic carbocycles. The van der Waals surface area contributed by atoms with Crippen molar-refractivity contribution < 1.29 is 22.1 Å². The Hall–Kier alpha value is -0.950. The van der Waals surface area contributed by atoms with Gasteiger partial charge < -0.3 is 9.47 Å². The second-order valence-corrected chi connectivity index (χ2v) is 5.43. The van der Waals surface area contributed by atoms with Gasteiger partial charge in [0.25, 0.3) is 10.1 Å². The zero-order valence-electron chi connectivity index (χ0n) is 9.41. The van der Waals surface area contributed by atoms with Gasteiger partial charge in [-0.2, -0.15) is 8.42 Å². The van der Waals surface area contributed by atoms with Crippen LogP contribution in [0.2, 0.25) is 0 Å². The average molecular weight is 258 g/mol. The second kappa shape index (κ2) is 5.14. The molecule has 2 rings (SSSR count). The van der Waals surface area contributed by atoms with Crippen LogP contribution in [0.15, 0.2) is 30.3 Å². The molecule has 0 bridgehead atoms. The predicted octanol–water partition coefficient (Wildman–Crippen LogP) is 1.08. The summed E-state index contributed by atoms with van der Waals surface area (Å²) in [4.78, 5) is 0. The van der Waals surface area contributed by atoms with Gasteiger partial charge in [-0.3, -0.25) is 4.18 Å². The van der Waals surface area contributed by atoms with E-state index in [-0.39, 0.29) is 13.2 Å². The molecular weight excluding hydrogens is 244 g/mol. The van der Waals surface area contributed by atoms with Crippen LogP contribution in [0.5, 0.6) is 0 Å². The van der Waals surface area contributed by atoms with Crippen LogP contribution < -0.4 is 0 Å². The number of rotatable bonds is 3.